The van der Waals surface area contributed by atoms with Gasteiger partial charge in [0.05, 0.1) is 6.54 Å². The Hall–Kier alpha value is -0.870. The molecule has 0 unspecified atom stereocenters. The number of halogens is 3. The van der Waals surface area contributed by atoms with Crippen molar-refractivity contribution in [2.45, 2.75) is 12.8 Å². The molecule has 1 aromatic carbocycles. The van der Waals surface area contributed by atoms with Crippen molar-refractivity contribution in [3.8, 4) is 0 Å². The van der Waals surface area contributed by atoms with Gasteiger partial charge >= 0.3 is 0 Å². The SMILES string of the molecule is CN(CC(F)F)c1cc(Cl)ccc1CCN. The molecule has 0 aromatic heterocycles. The lowest BCUT2D eigenvalue weighted by Crippen LogP contribution is -2.25. The van der Waals surface area contributed by atoms with Crippen molar-refractivity contribution in [2.24, 2.45) is 5.73 Å². The average molecular weight is 249 g/mol. The number of anilines is 1. The Labute approximate surface area is 99.0 Å². The third-order valence-electron chi connectivity index (χ3n) is 2.28. The number of hydrogen-bond acceptors (Lipinski definition) is 2. The number of benzene rings is 1. The van der Waals surface area contributed by atoms with E-state index in [2.05, 4.69) is 0 Å². The van der Waals surface area contributed by atoms with E-state index in [9.17, 15) is 8.78 Å². The maximum Gasteiger partial charge on any atom is 0.255 e. The second-order valence-corrected chi connectivity index (χ2v) is 4.02. The molecule has 0 spiro atoms. The van der Waals surface area contributed by atoms with Crippen LogP contribution in [0.1, 0.15) is 5.56 Å². The fourth-order valence-corrected chi connectivity index (χ4v) is 1.73. The molecule has 0 amide bonds. The highest BCUT2D eigenvalue weighted by atomic mass is 35.5. The predicted octanol–water partition coefficient (Wildman–Crippen LogP) is 2.54. The minimum absolute atomic E-state index is 0.308. The van der Waals surface area contributed by atoms with Gasteiger partial charge in [-0.25, -0.2) is 8.78 Å². The lowest BCUT2D eigenvalue weighted by atomic mass is 10.1. The molecule has 1 rings (SSSR count). The van der Waals surface area contributed by atoms with Crippen molar-refractivity contribution < 1.29 is 8.78 Å². The first kappa shape index (κ1) is 13.2. The van der Waals surface area contributed by atoms with E-state index in [1.165, 1.54) is 4.90 Å². The molecule has 16 heavy (non-hydrogen) atoms. The van der Waals surface area contributed by atoms with Crippen molar-refractivity contribution in [1.29, 1.82) is 0 Å². The van der Waals surface area contributed by atoms with Crippen LogP contribution < -0.4 is 10.6 Å². The summed E-state index contributed by atoms with van der Waals surface area (Å²) in [4.78, 5) is 1.50. The van der Waals surface area contributed by atoms with Crippen LogP contribution in [-0.2, 0) is 6.42 Å². The summed E-state index contributed by atoms with van der Waals surface area (Å²) >= 11 is 5.85. The molecule has 90 valence electrons. The number of nitrogens with zero attached hydrogens (tertiary/aromatic N) is 1. The van der Waals surface area contributed by atoms with Crippen molar-refractivity contribution in [1.82, 2.24) is 0 Å². The van der Waals surface area contributed by atoms with Crippen molar-refractivity contribution >= 4 is 17.3 Å². The zero-order valence-electron chi connectivity index (χ0n) is 9.09. The van der Waals surface area contributed by atoms with E-state index >= 15 is 0 Å². The Morgan fingerprint density at radius 3 is 2.69 bits per heavy atom. The molecule has 2 N–H and O–H groups in total. The van der Waals surface area contributed by atoms with Crippen molar-refractivity contribution in [2.75, 3.05) is 25.0 Å². The van der Waals surface area contributed by atoms with Gasteiger partial charge in [-0.05, 0) is 30.7 Å². The van der Waals surface area contributed by atoms with Gasteiger partial charge in [0.25, 0.3) is 6.43 Å². The minimum atomic E-state index is -2.37. The van der Waals surface area contributed by atoms with Crippen molar-refractivity contribution in [3.05, 3.63) is 28.8 Å². The van der Waals surface area contributed by atoms with Crippen LogP contribution in [0.2, 0.25) is 5.02 Å². The van der Waals surface area contributed by atoms with Crippen LogP contribution in [0.25, 0.3) is 0 Å². The van der Waals surface area contributed by atoms with Crippen LogP contribution in [-0.4, -0.2) is 26.6 Å². The van der Waals surface area contributed by atoms with Crippen LogP contribution in [0, 0.1) is 0 Å². The maximum absolute atomic E-state index is 12.3. The minimum Gasteiger partial charge on any atom is -0.369 e. The lowest BCUT2D eigenvalue weighted by molar-refractivity contribution is 0.156. The lowest BCUT2D eigenvalue weighted by Gasteiger charge is -2.22. The first-order valence-electron chi connectivity index (χ1n) is 5.02. The Bertz CT molecular complexity index is 345. The van der Waals surface area contributed by atoms with Crippen LogP contribution >= 0.6 is 11.6 Å². The van der Waals surface area contributed by atoms with Gasteiger partial charge < -0.3 is 10.6 Å². The smallest absolute Gasteiger partial charge is 0.255 e. The summed E-state index contributed by atoms with van der Waals surface area (Å²) in [6, 6.07) is 5.26. The number of rotatable bonds is 5. The molecule has 0 radical (unpaired) electrons. The molecule has 0 atom stereocenters. The van der Waals surface area contributed by atoms with Gasteiger partial charge in [0, 0.05) is 17.8 Å². The van der Waals surface area contributed by atoms with Gasteiger partial charge in [-0.3, -0.25) is 0 Å². The molecular formula is C11H15ClF2N2. The molecule has 0 aliphatic heterocycles. The van der Waals surface area contributed by atoms with Crippen LogP contribution in [0.4, 0.5) is 14.5 Å². The van der Waals surface area contributed by atoms with Crippen molar-refractivity contribution in [3.63, 3.8) is 0 Å². The van der Waals surface area contributed by atoms with E-state index in [0.29, 0.717) is 18.0 Å². The molecule has 0 bridgehead atoms. The normalized spacial score (nSPS) is 10.9. The van der Waals surface area contributed by atoms with Crippen LogP contribution in [0.15, 0.2) is 18.2 Å². The number of alkyl halides is 2. The topological polar surface area (TPSA) is 29.3 Å². The van der Waals surface area contributed by atoms with Gasteiger partial charge in [0.1, 0.15) is 0 Å². The Morgan fingerprint density at radius 2 is 2.12 bits per heavy atom. The second kappa shape index (κ2) is 6.01. The largest absolute Gasteiger partial charge is 0.369 e. The molecule has 5 heteroatoms. The summed E-state index contributed by atoms with van der Waals surface area (Å²) in [5, 5.41) is 0.539. The first-order valence-corrected chi connectivity index (χ1v) is 5.40. The molecule has 0 aliphatic carbocycles. The average Bonchev–Trinajstić information content (AvgIpc) is 2.20. The summed E-state index contributed by atoms with van der Waals surface area (Å²) in [6.07, 6.45) is -1.71. The summed E-state index contributed by atoms with van der Waals surface area (Å²) in [5.41, 5.74) is 7.13. The van der Waals surface area contributed by atoms with E-state index in [-0.39, 0.29) is 6.54 Å². The fourth-order valence-electron chi connectivity index (χ4n) is 1.56. The second-order valence-electron chi connectivity index (χ2n) is 3.58. The molecular weight excluding hydrogens is 234 g/mol. The van der Waals surface area contributed by atoms with E-state index in [0.717, 1.165) is 11.3 Å². The highest BCUT2D eigenvalue weighted by molar-refractivity contribution is 6.30. The number of hydrogen-bond donors (Lipinski definition) is 1. The Morgan fingerprint density at radius 1 is 1.44 bits per heavy atom. The van der Waals surface area contributed by atoms with E-state index in [1.807, 2.05) is 6.07 Å². The standard InChI is InChI=1S/C11H15ClF2N2/c1-16(7-11(13)14)10-6-9(12)3-2-8(10)4-5-15/h2-3,6,11H,4-5,7,15H2,1H3. The highest BCUT2D eigenvalue weighted by Crippen LogP contribution is 2.24. The molecule has 0 saturated heterocycles. The van der Waals surface area contributed by atoms with Gasteiger partial charge in [-0.1, -0.05) is 17.7 Å². The quantitative estimate of drug-likeness (QED) is 0.868. The van der Waals surface area contributed by atoms with E-state index in [1.54, 1.807) is 19.2 Å². The molecule has 0 fully saturated rings. The third-order valence-corrected chi connectivity index (χ3v) is 2.52. The highest BCUT2D eigenvalue weighted by Gasteiger charge is 2.12. The monoisotopic (exact) mass is 248 g/mol. The maximum atomic E-state index is 12.3. The molecule has 0 saturated carbocycles. The first-order chi connectivity index (χ1) is 7.54. The van der Waals surface area contributed by atoms with Gasteiger partial charge in [-0.2, -0.15) is 0 Å². The molecule has 1 aromatic rings. The summed E-state index contributed by atoms with van der Waals surface area (Å²) in [6.45, 7) is 0.176. The molecule has 2 nitrogen and oxygen atoms in total. The van der Waals surface area contributed by atoms with Gasteiger partial charge in [0.15, 0.2) is 0 Å². The fraction of sp³-hybridized carbons (Fsp3) is 0.455. The van der Waals surface area contributed by atoms with Gasteiger partial charge in [-0.15, -0.1) is 0 Å². The molecule has 0 heterocycles. The summed E-state index contributed by atoms with van der Waals surface area (Å²) < 4.78 is 24.6. The van der Waals surface area contributed by atoms with E-state index in [4.69, 9.17) is 17.3 Å². The van der Waals surface area contributed by atoms with Gasteiger partial charge in [0.2, 0.25) is 0 Å². The Kier molecular flexibility index (Phi) is 4.96. The molecule has 0 aliphatic rings. The Balaban J connectivity index is 2.94. The van der Waals surface area contributed by atoms with E-state index < -0.39 is 6.43 Å². The van der Waals surface area contributed by atoms with Crippen LogP contribution in [0.5, 0.6) is 0 Å². The van der Waals surface area contributed by atoms with Crippen LogP contribution in [0.3, 0.4) is 0 Å². The third kappa shape index (κ3) is 3.61. The zero-order chi connectivity index (χ0) is 12.1. The number of nitrogens with two attached hydrogens (primary N) is 1. The zero-order valence-corrected chi connectivity index (χ0v) is 9.85. The summed E-state index contributed by atoms with van der Waals surface area (Å²) in [7, 11) is 1.62. The predicted molar refractivity (Wildman–Crippen MR) is 63.5 cm³/mol. The summed E-state index contributed by atoms with van der Waals surface area (Å²) in [5.74, 6) is 0.